The van der Waals surface area contributed by atoms with Crippen molar-refractivity contribution >= 4 is 17.6 Å². The van der Waals surface area contributed by atoms with E-state index in [-0.39, 0.29) is 6.04 Å². The van der Waals surface area contributed by atoms with Crippen molar-refractivity contribution in [2.45, 2.75) is 13.0 Å². The molecule has 1 aromatic rings. The van der Waals surface area contributed by atoms with Crippen molar-refractivity contribution in [3.63, 3.8) is 0 Å². The SMILES string of the molecule is C[C@@H]1CN(C(=O)O)CCN1c1ccc(N)nc1. The van der Waals surface area contributed by atoms with Crippen LogP contribution < -0.4 is 10.6 Å². The van der Waals surface area contributed by atoms with Gasteiger partial charge in [-0.2, -0.15) is 0 Å². The summed E-state index contributed by atoms with van der Waals surface area (Å²) in [6.45, 7) is 3.72. The number of pyridine rings is 1. The molecule has 1 fully saturated rings. The molecule has 2 rings (SSSR count). The zero-order valence-electron chi connectivity index (χ0n) is 9.71. The number of hydrogen-bond acceptors (Lipinski definition) is 4. The molecule has 1 aliphatic rings. The minimum atomic E-state index is -0.855. The fourth-order valence-corrected chi connectivity index (χ4v) is 2.08. The van der Waals surface area contributed by atoms with Gasteiger partial charge in [0.15, 0.2) is 0 Å². The van der Waals surface area contributed by atoms with Gasteiger partial charge in [0.2, 0.25) is 0 Å². The van der Waals surface area contributed by atoms with Gasteiger partial charge in [-0.25, -0.2) is 9.78 Å². The minimum Gasteiger partial charge on any atom is -0.465 e. The smallest absolute Gasteiger partial charge is 0.407 e. The molecule has 6 heteroatoms. The third kappa shape index (κ3) is 2.41. The van der Waals surface area contributed by atoms with Crippen LogP contribution in [0.25, 0.3) is 0 Å². The molecule has 1 saturated heterocycles. The van der Waals surface area contributed by atoms with Gasteiger partial charge in [-0.3, -0.25) is 0 Å². The van der Waals surface area contributed by atoms with Crippen molar-refractivity contribution in [3.8, 4) is 0 Å². The predicted molar refractivity (Wildman–Crippen MR) is 65.1 cm³/mol. The minimum absolute atomic E-state index is 0.144. The fourth-order valence-electron chi connectivity index (χ4n) is 2.08. The van der Waals surface area contributed by atoms with Crippen molar-refractivity contribution in [1.82, 2.24) is 9.88 Å². The van der Waals surface area contributed by atoms with E-state index in [4.69, 9.17) is 10.8 Å². The van der Waals surface area contributed by atoms with E-state index in [1.165, 1.54) is 4.90 Å². The Morgan fingerprint density at radius 3 is 2.82 bits per heavy atom. The summed E-state index contributed by atoms with van der Waals surface area (Å²) < 4.78 is 0. The van der Waals surface area contributed by atoms with Crippen LogP contribution in [0.4, 0.5) is 16.3 Å². The van der Waals surface area contributed by atoms with Crippen LogP contribution in [-0.2, 0) is 0 Å². The standard InChI is InChI=1S/C11H16N4O2/c1-8-7-14(11(16)17)4-5-15(8)9-2-3-10(12)13-6-9/h2-3,6,8H,4-5,7H2,1H3,(H2,12,13)(H,16,17)/t8-/m1/s1. The Morgan fingerprint density at radius 2 is 2.29 bits per heavy atom. The lowest BCUT2D eigenvalue weighted by molar-refractivity contribution is 0.136. The topological polar surface area (TPSA) is 82.7 Å². The van der Waals surface area contributed by atoms with Crippen LogP contribution in [0.5, 0.6) is 0 Å². The molecule has 1 atom stereocenters. The first-order valence-corrected chi connectivity index (χ1v) is 5.54. The monoisotopic (exact) mass is 236 g/mol. The molecule has 1 aromatic heterocycles. The average Bonchev–Trinajstić information content (AvgIpc) is 2.30. The molecule has 0 spiro atoms. The molecule has 0 radical (unpaired) electrons. The maximum Gasteiger partial charge on any atom is 0.407 e. The Balaban J connectivity index is 2.09. The number of aromatic nitrogens is 1. The predicted octanol–water partition coefficient (Wildman–Crippen LogP) is 0.852. The van der Waals surface area contributed by atoms with Gasteiger partial charge < -0.3 is 20.6 Å². The number of piperazine rings is 1. The first kappa shape index (κ1) is 11.5. The molecule has 0 saturated carbocycles. The highest BCUT2D eigenvalue weighted by Crippen LogP contribution is 2.20. The lowest BCUT2D eigenvalue weighted by atomic mass is 10.2. The van der Waals surface area contributed by atoms with E-state index in [2.05, 4.69) is 9.88 Å². The number of anilines is 2. The molecule has 0 aliphatic carbocycles. The molecular weight excluding hydrogens is 220 g/mol. The van der Waals surface area contributed by atoms with Gasteiger partial charge >= 0.3 is 6.09 Å². The van der Waals surface area contributed by atoms with E-state index < -0.39 is 6.09 Å². The first-order valence-electron chi connectivity index (χ1n) is 5.54. The number of carbonyl (C=O) groups is 1. The summed E-state index contributed by atoms with van der Waals surface area (Å²) in [5, 5.41) is 8.93. The third-order valence-corrected chi connectivity index (χ3v) is 3.00. The van der Waals surface area contributed by atoms with E-state index >= 15 is 0 Å². The van der Waals surface area contributed by atoms with E-state index in [9.17, 15) is 4.79 Å². The highest BCUT2D eigenvalue weighted by atomic mass is 16.4. The van der Waals surface area contributed by atoms with Gasteiger partial charge in [-0.15, -0.1) is 0 Å². The Kier molecular flexibility index (Phi) is 3.03. The summed E-state index contributed by atoms with van der Waals surface area (Å²) in [6.07, 6.45) is 0.870. The van der Waals surface area contributed by atoms with Crippen LogP contribution >= 0.6 is 0 Å². The van der Waals surface area contributed by atoms with Crippen LogP contribution in [0.2, 0.25) is 0 Å². The van der Waals surface area contributed by atoms with Gasteiger partial charge in [0.1, 0.15) is 5.82 Å². The van der Waals surface area contributed by atoms with Gasteiger partial charge in [0.25, 0.3) is 0 Å². The van der Waals surface area contributed by atoms with Crippen LogP contribution in [0.3, 0.4) is 0 Å². The van der Waals surface area contributed by atoms with Crippen LogP contribution in [0.15, 0.2) is 18.3 Å². The molecule has 3 N–H and O–H groups in total. The quantitative estimate of drug-likeness (QED) is 0.755. The molecule has 92 valence electrons. The van der Waals surface area contributed by atoms with Crippen molar-refractivity contribution in [1.29, 1.82) is 0 Å². The Morgan fingerprint density at radius 1 is 1.53 bits per heavy atom. The van der Waals surface area contributed by atoms with Crippen LogP contribution in [0, 0.1) is 0 Å². The second-order valence-corrected chi connectivity index (χ2v) is 4.21. The molecule has 2 heterocycles. The molecular formula is C11H16N4O2. The van der Waals surface area contributed by atoms with Gasteiger partial charge in [0.05, 0.1) is 11.9 Å². The van der Waals surface area contributed by atoms with Crippen molar-refractivity contribution in [2.75, 3.05) is 30.3 Å². The maximum absolute atomic E-state index is 10.9. The molecule has 6 nitrogen and oxygen atoms in total. The number of nitrogens with zero attached hydrogens (tertiary/aromatic N) is 3. The summed E-state index contributed by atoms with van der Waals surface area (Å²) >= 11 is 0. The van der Waals surface area contributed by atoms with E-state index in [0.29, 0.717) is 25.5 Å². The normalized spacial score (nSPS) is 20.4. The third-order valence-electron chi connectivity index (χ3n) is 3.00. The molecule has 1 amide bonds. The summed E-state index contributed by atoms with van der Waals surface area (Å²) in [5.41, 5.74) is 6.52. The van der Waals surface area contributed by atoms with E-state index in [0.717, 1.165) is 5.69 Å². The second kappa shape index (κ2) is 4.48. The number of nitrogen functional groups attached to an aromatic ring is 1. The number of amides is 1. The number of nitrogens with two attached hydrogens (primary N) is 1. The lowest BCUT2D eigenvalue weighted by Gasteiger charge is -2.39. The molecule has 17 heavy (non-hydrogen) atoms. The zero-order chi connectivity index (χ0) is 12.4. The van der Waals surface area contributed by atoms with Crippen LogP contribution in [0.1, 0.15) is 6.92 Å². The second-order valence-electron chi connectivity index (χ2n) is 4.21. The Labute approximate surface area is 99.7 Å². The van der Waals surface area contributed by atoms with Crippen molar-refractivity contribution in [2.24, 2.45) is 0 Å². The van der Waals surface area contributed by atoms with Crippen molar-refractivity contribution in [3.05, 3.63) is 18.3 Å². The molecule has 1 aliphatic heterocycles. The first-order chi connectivity index (χ1) is 8.08. The lowest BCUT2D eigenvalue weighted by Crippen LogP contribution is -2.53. The van der Waals surface area contributed by atoms with Gasteiger partial charge in [-0.05, 0) is 19.1 Å². The number of rotatable bonds is 1. The van der Waals surface area contributed by atoms with Crippen molar-refractivity contribution < 1.29 is 9.90 Å². The van der Waals surface area contributed by atoms with Gasteiger partial charge in [0, 0.05) is 25.7 Å². The Hall–Kier alpha value is -1.98. The summed E-state index contributed by atoms with van der Waals surface area (Å²) in [6, 6.07) is 3.81. The summed E-state index contributed by atoms with van der Waals surface area (Å²) in [4.78, 5) is 18.5. The number of carboxylic acid groups (broad SMARTS) is 1. The number of hydrogen-bond donors (Lipinski definition) is 2. The van der Waals surface area contributed by atoms with Gasteiger partial charge in [-0.1, -0.05) is 0 Å². The summed E-state index contributed by atoms with van der Waals surface area (Å²) in [7, 11) is 0. The summed E-state index contributed by atoms with van der Waals surface area (Å²) in [5.74, 6) is 0.491. The highest BCUT2D eigenvalue weighted by Gasteiger charge is 2.26. The van der Waals surface area contributed by atoms with E-state index in [1.807, 2.05) is 13.0 Å². The maximum atomic E-state index is 10.9. The fraction of sp³-hybridized carbons (Fsp3) is 0.455. The average molecular weight is 236 g/mol. The molecule has 0 aromatic carbocycles. The van der Waals surface area contributed by atoms with E-state index in [1.54, 1.807) is 12.3 Å². The largest absolute Gasteiger partial charge is 0.465 e. The highest BCUT2D eigenvalue weighted by molar-refractivity contribution is 5.65. The molecule has 0 bridgehead atoms. The van der Waals surface area contributed by atoms with Crippen LogP contribution in [-0.4, -0.2) is 46.8 Å². The Bertz CT molecular complexity index is 406. The zero-order valence-corrected chi connectivity index (χ0v) is 9.71. The molecule has 0 unspecified atom stereocenters.